The Labute approximate surface area is 129 Å². The first-order valence-electron chi connectivity index (χ1n) is 6.56. The highest BCUT2D eigenvalue weighted by Crippen LogP contribution is 2.22. The fourth-order valence-corrected chi connectivity index (χ4v) is 2.74. The SMILES string of the molecule is CC(Sc1nncn1C)C(=O)Nc1ccc2[nH]c(=O)[nH]c2c1. The van der Waals surface area contributed by atoms with Gasteiger partial charge in [0, 0.05) is 12.7 Å². The van der Waals surface area contributed by atoms with Crippen molar-refractivity contribution >= 4 is 34.4 Å². The van der Waals surface area contributed by atoms with Crippen LogP contribution in [0.4, 0.5) is 5.69 Å². The molecule has 1 aromatic carbocycles. The number of aromatic amines is 2. The summed E-state index contributed by atoms with van der Waals surface area (Å²) in [6.45, 7) is 1.80. The summed E-state index contributed by atoms with van der Waals surface area (Å²) in [5.74, 6) is -0.148. The van der Waals surface area contributed by atoms with Crippen molar-refractivity contribution in [1.29, 1.82) is 0 Å². The summed E-state index contributed by atoms with van der Waals surface area (Å²) in [5, 5.41) is 10.9. The summed E-state index contributed by atoms with van der Waals surface area (Å²) in [6.07, 6.45) is 1.59. The molecule has 22 heavy (non-hydrogen) atoms. The number of carbonyl (C=O) groups is 1. The van der Waals surface area contributed by atoms with E-state index in [4.69, 9.17) is 0 Å². The molecule has 3 aromatic rings. The van der Waals surface area contributed by atoms with E-state index in [9.17, 15) is 9.59 Å². The number of aryl methyl sites for hydroxylation is 1. The van der Waals surface area contributed by atoms with Gasteiger partial charge in [-0.05, 0) is 25.1 Å². The standard InChI is InChI=1S/C13H14N6O2S/c1-7(22-13-18-14-6-19(13)2)11(20)15-8-3-4-9-10(5-8)17-12(21)16-9/h3-7H,1-2H3,(H,15,20)(H2,16,17,21). The Kier molecular flexibility index (Phi) is 3.72. The molecule has 0 aliphatic heterocycles. The highest BCUT2D eigenvalue weighted by Gasteiger charge is 2.17. The third-order valence-electron chi connectivity index (χ3n) is 3.10. The van der Waals surface area contributed by atoms with E-state index in [0.29, 0.717) is 21.9 Å². The topological polar surface area (TPSA) is 108 Å². The van der Waals surface area contributed by atoms with Crippen molar-refractivity contribution in [3.63, 3.8) is 0 Å². The van der Waals surface area contributed by atoms with Crippen LogP contribution in [0.5, 0.6) is 0 Å². The number of carbonyl (C=O) groups excluding carboxylic acids is 1. The number of H-pyrrole nitrogens is 2. The van der Waals surface area contributed by atoms with Gasteiger partial charge in [0.15, 0.2) is 5.16 Å². The second kappa shape index (κ2) is 5.68. The number of benzene rings is 1. The van der Waals surface area contributed by atoms with Crippen LogP contribution in [0.25, 0.3) is 11.0 Å². The first-order chi connectivity index (χ1) is 10.5. The predicted octanol–water partition coefficient (Wildman–Crippen LogP) is 1.10. The maximum Gasteiger partial charge on any atom is 0.323 e. The van der Waals surface area contributed by atoms with Crippen LogP contribution in [0.1, 0.15) is 6.92 Å². The molecule has 0 spiro atoms. The summed E-state index contributed by atoms with van der Waals surface area (Å²) in [4.78, 5) is 28.8. The Morgan fingerprint density at radius 2 is 2.14 bits per heavy atom. The molecular weight excluding hydrogens is 304 g/mol. The number of aromatic nitrogens is 5. The van der Waals surface area contributed by atoms with E-state index in [2.05, 4.69) is 25.5 Å². The Morgan fingerprint density at radius 3 is 2.86 bits per heavy atom. The summed E-state index contributed by atoms with van der Waals surface area (Å²) in [7, 11) is 1.82. The second-order valence-corrected chi connectivity index (χ2v) is 6.12. The van der Waals surface area contributed by atoms with Gasteiger partial charge < -0.3 is 19.9 Å². The molecule has 0 radical (unpaired) electrons. The van der Waals surface area contributed by atoms with Crippen molar-refractivity contribution in [3.05, 3.63) is 35.0 Å². The number of thioether (sulfide) groups is 1. The molecule has 114 valence electrons. The molecule has 0 fully saturated rings. The van der Waals surface area contributed by atoms with Gasteiger partial charge in [-0.25, -0.2) is 4.79 Å². The van der Waals surface area contributed by atoms with Gasteiger partial charge in [0.05, 0.1) is 16.3 Å². The van der Waals surface area contributed by atoms with Gasteiger partial charge in [0.25, 0.3) is 0 Å². The predicted molar refractivity (Wildman–Crippen MR) is 83.9 cm³/mol. The molecule has 0 bridgehead atoms. The molecule has 8 nitrogen and oxygen atoms in total. The van der Waals surface area contributed by atoms with Crippen LogP contribution in [0.2, 0.25) is 0 Å². The third kappa shape index (κ3) is 2.89. The lowest BCUT2D eigenvalue weighted by Gasteiger charge is -2.11. The van der Waals surface area contributed by atoms with E-state index >= 15 is 0 Å². The molecule has 1 atom stereocenters. The van der Waals surface area contributed by atoms with Gasteiger partial charge >= 0.3 is 5.69 Å². The zero-order valence-corrected chi connectivity index (χ0v) is 12.8. The minimum atomic E-state index is -0.330. The second-order valence-electron chi connectivity index (χ2n) is 4.81. The lowest BCUT2D eigenvalue weighted by molar-refractivity contribution is -0.115. The maximum absolute atomic E-state index is 12.2. The first kappa shape index (κ1) is 14.4. The summed E-state index contributed by atoms with van der Waals surface area (Å²) in [6, 6.07) is 5.19. The van der Waals surface area contributed by atoms with Crippen LogP contribution < -0.4 is 11.0 Å². The molecule has 0 saturated carbocycles. The molecular formula is C13H14N6O2S. The average Bonchev–Trinajstić information content (AvgIpc) is 3.03. The van der Waals surface area contributed by atoms with Crippen molar-refractivity contribution in [2.45, 2.75) is 17.3 Å². The van der Waals surface area contributed by atoms with Crippen molar-refractivity contribution in [1.82, 2.24) is 24.7 Å². The van der Waals surface area contributed by atoms with Crippen LogP contribution in [0.15, 0.2) is 34.5 Å². The lowest BCUT2D eigenvalue weighted by atomic mass is 10.2. The number of nitrogens with one attached hydrogen (secondary N) is 3. The van der Waals surface area contributed by atoms with Crippen LogP contribution in [-0.2, 0) is 11.8 Å². The van der Waals surface area contributed by atoms with Gasteiger partial charge in [-0.3, -0.25) is 4.79 Å². The van der Waals surface area contributed by atoms with E-state index in [-0.39, 0.29) is 16.8 Å². The summed E-state index contributed by atoms with van der Waals surface area (Å²) >= 11 is 1.33. The number of nitrogens with zero attached hydrogens (tertiary/aromatic N) is 3. The lowest BCUT2D eigenvalue weighted by Crippen LogP contribution is -2.22. The fourth-order valence-electron chi connectivity index (χ4n) is 1.95. The van der Waals surface area contributed by atoms with Crippen LogP contribution in [0.3, 0.4) is 0 Å². The van der Waals surface area contributed by atoms with Crippen molar-refractivity contribution in [2.24, 2.45) is 7.05 Å². The van der Waals surface area contributed by atoms with Gasteiger partial charge in [-0.15, -0.1) is 10.2 Å². The zero-order valence-electron chi connectivity index (χ0n) is 12.0. The third-order valence-corrected chi connectivity index (χ3v) is 4.25. The van der Waals surface area contributed by atoms with E-state index < -0.39 is 0 Å². The van der Waals surface area contributed by atoms with Gasteiger partial charge in [0.2, 0.25) is 5.91 Å². The number of hydrogen-bond donors (Lipinski definition) is 3. The fraction of sp³-hybridized carbons (Fsp3) is 0.231. The Bertz CT molecular complexity index is 880. The first-order valence-corrected chi connectivity index (χ1v) is 7.44. The van der Waals surface area contributed by atoms with E-state index in [1.807, 2.05) is 7.05 Å². The van der Waals surface area contributed by atoms with E-state index in [0.717, 1.165) is 0 Å². The smallest absolute Gasteiger partial charge is 0.323 e. The molecule has 0 aliphatic carbocycles. The quantitative estimate of drug-likeness (QED) is 0.624. The van der Waals surface area contributed by atoms with Crippen LogP contribution in [0, 0.1) is 0 Å². The minimum absolute atomic E-state index is 0.148. The summed E-state index contributed by atoms with van der Waals surface area (Å²) in [5.41, 5.74) is 1.70. The highest BCUT2D eigenvalue weighted by atomic mass is 32.2. The van der Waals surface area contributed by atoms with E-state index in [1.165, 1.54) is 11.8 Å². The Hall–Kier alpha value is -2.55. The monoisotopic (exact) mass is 318 g/mol. The number of hydrogen-bond acceptors (Lipinski definition) is 5. The summed E-state index contributed by atoms with van der Waals surface area (Å²) < 4.78 is 1.76. The normalized spacial score (nSPS) is 12.5. The van der Waals surface area contributed by atoms with Gasteiger partial charge in [0.1, 0.15) is 6.33 Å². The molecule has 3 rings (SSSR count). The van der Waals surface area contributed by atoms with Crippen molar-refractivity contribution in [2.75, 3.05) is 5.32 Å². The molecule has 2 aromatic heterocycles. The zero-order chi connectivity index (χ0) is 15.7. The van der Waals surface area contributed by atoms with E-state index in [1.54, 1.807) is 36.0 Å². The number of fused-ring (bicyclic) bond motifs is 1. The molecule has 0 aliphatic rings. The van der Waals surface area contributed by atoms with Crippen LogP contribution >= 0.6 is 11.8 Å². The average molecular weight is 318 g/mol. The number of imidazole rings is 1. The minimum Gasteiger partial charge on any atom is -0.325 e. The van der Waals surface area contributed by atoms with Crippen LogP contribution in [-0.4, -0.2) is 35.9 Å². The molecule has 9 heteroatoms. The maximum atomic E-state index is 12.2. The molecule has 1 amide bonds. The molecule has 1 unspecified atom stereocenters. The van der Waals surface area contributed by atoms with Gasteiger partial charge in [-0.2, -0.15) is 0 Å². The number of rotatable bonds is 4. The van der Waals surface area contributed by atoms with Crippen molar-refractivity contribution in [3.8, 4) is 0 Å². The van der Waals surface area contributed by atoms with Crippen molar-refractivity contribution < 1.29 is 4.79 Å². The Balaban J connectivity index is 1.71. The highest BCUT2D eigenvalue weighted by molar-refractivity contribution is 8.00. The molecule has 2 heterocycles. The number of anilines is 1. The Morgan fingerprint density at radius 1 is 1.36 bits per heavy atom. The molecule has 0 saturated heterocycles. The largest absolute Gasteiger partial charge is 0.325 e. The molecule has 3 N–H and O–H groups in total. The van der Waals surface area contributed by atoms with Gasteiger partial charge in [-0.1, -0.05) is 11.8 Å². The number of amides is 1.